The predicted octanol–water partition coefficient (Wildman–Crippen LogP) is 2.71. The van der Waals surface area contributed by atoms with Gasteiger partial charge in [-0.1, -0.05) is 31.0 Å². The molecule has 3 aliphatic heterocycles. The molecule has 2 aromatic rings. The first-order valence-corrected chi connectivity index (χ1v) is 15.7. The molecule has 1 aromatic heterocycles. The summed E-state index contributed by atoms with van der Waals surface area (Å²) in [6.07, 6.45) is 4.86. The van der Waals surface area contributed by atoms with E-state index in [1.54, 1.807) is 18.1 Å². The molecule has 3 atom stereocenters. The van der Waals surface area contributed by atoms with E-state index in [1.165, 1.54) is 0 Å². The highest BCUT2D eigenvalue weighted by Gasteiger charge is 2.51. The van der Waals surface area contributed by atoms with Crippen molar-refractivity contribution in [2.24, 2.45) is 5.92 Å². The van der Waals surface area contributed by atoms with E-state index < -0.39 is 20.2 Å². The Bertz CT molecular complexity index is 1210. The summed E-state index contributed by atoms with van der Waals surface area (Å²) in [5, 5.41) is 16.3. The Morgan fingerprint density at radius 1 is 1.31 bits per heavy atom. The van der Waals surface area contributed by atoms with Gasteiger partial charge in [0.25, 0.3) is 5.91 Å². The van der Waals surface area contributed by atoms with E-state index in [0.29, 0.717) is 37.0 Å². The van der Waals surface area contributed by atoms with Crippen LogP contribution in [0.15, 0.2) is 24.3 Å². The molecule has 0 radical (unpaired) electrons. The number of carbonyl (C=O) groups is 3. The van der Waals surface area contributed by atoms with Crippen LogP contribution in [0.4, 0.5) is 0 Å². The number of ether oxygens (including phenoxy) is 1. The van der Waals surface area contributed by atoms with Crippen molar-refractivity contribution in [3.05, 3.63) is 30.0 Å². The first-order valence-electron chi connectivity index (χ1n) is 12.9. The first-order chi connectivity index (χ1) is 17.4. The number of benzene rings is 1. The summed E-state index contributed by atoms with van der Waals surface area (Å²) in [6, 6.07) is 11.2. The monoisotopic (exact) mass is 507 g/mol. The average Bonchev–Trinajstić information content (AvgIpc) is 3.63. The van der Waals surface area contributed by atoms with Crippen molar-refractivity contribution in [3.63, 3.8) is 0 Å². The van der Waals surface area contributed by atoms with Crippen LogP contribution in [0.2, 0.25) is 18.1 Å². The number of fused-ring (bicyclic) bond motifs is 1. The van der Waals surface area contributed by atoms with E-state index in [2.05, 4.69) is 21.7 Å². The van der Waals surface area contributed by atoms with Crippen LogP contribution >= 0.6 is 0 Å². The van der Waals surface area contributed by atoms with Gasteiger partial charge >= 0.3 is 0 Å². The lowest BCUT2D eigenvalue weighted by Crippen LogP contribution is -2.49. The van der Waals surface area contributed by atoms with Crippen molar-refractivity contribution in [1.82, 2.24) is 20.5 Å². The number of aromatic nitrogens is 1. The van der Waals surface area contributed by atoms with Gasteiger partial charge in [-0.2, -0.15) is 5.26 Å². The fourth-order valence-electron chi connectivity index (χ4n) is 6.32. The van der Waals surface area contributed by atoms with Gasteiger partial charge in [0, 0.05) is 29.5 Å². The molecular weight excluding hydrogens is 474 g/mol. The predicted molar refractivity (Wildman–Crippen MR) is 137 cm³/mol. The number of nitriles is 1. The van der Waals surface area contributed by atoms with E-state index in [0.717, 1.165) is 48.3 Å². The second-order valence-corrected chi connectivity index (χ2v) is 15.2. The summed E-state index contributed by atoms with van der Waals surface area (Å²) in [7, 11) is -0.167. The lowest BCUT2D eigenvalue weighted by Gasteiger charge is -2.27. The summed E-state index contributed by atoms with van der Waals surface area (Å²) in [6.45, 7) is 0.657. The van der Waals surface area contributed by atoms with Crippen molar-refractivity contribution < 1.29 is 19.1 Å². The molecular formula is C26H33N5O4Si. The van der Waals surface area contributed by atoms with Crippen LogP contribution in [-0.2, 0) is 9.59 Å². The Balaban J connectivity index is 1.37. The van der Waals surface area contributed by atoms with Crippen LogP contribution in [0.3, 0.4) is 0 Å². The standard InChI is InChI=1S/C26H33N5O4Si/c1-35-23-8-4-7-20-19(23)13-21(30-20)26(34)31-16-36(10-2-3-11-36)15-22(31)25(33)29-18(14-27)12-17-6-5-9-28-24(17)32/h4,7-8,13,17-18,22,30H,2-3,5-6,9-12,15-16H2,1H3,(H,28,32)(H,29,33)/t17-,18-,22?/m0/s1. The van der Waals surface area contributed by atoms with Crippen LogP contribution < -0.4 is 15.4 Å². The second kappa shape index (κ2) is 9.97. The number of nitrogens with one attached hydrogen (secondary N) is 3. The third kappa shape index (κ3) is 4.60. The lowest BCUT2D eigenvalue weighted by atomic mass is 9.92. The van der Waals surface area contributed by atoms with Gasteiger partial charge < -0.3 is 25.3 Å². The van der Waals surface area contributed by atoms with Gasteiger partial charge in [-0.15, -0.1) is 0 Å². The van der Waals surface area contributed by atoms with Gasteiger partial charge in [0.2, 0.25) is 11.8 Å². The molecule has 9 nitrogen and oxygen atoms in total. The molecule has 10 heteroatoms. The van der Waals surface area contributed by atoms with Gasteiger partial charge in [-0.3, -0.25) is 14.4 Å². The summed E-state index contributed by atoms with van der Waals surface area (Å²) >= 11 is 0. The zero-order valence-electron chi connectivity index (χ0n) is 20.6. The molecule has 36 heavy (non-hydrogen) atoms. The SMILES string of the molecule is COc1cccc2[nH]c(C(=O)N3C[Si]4(CCCC4)CC3C(=O)N[C@H](C#N)C[C@@H]3CCCNC3=O)cc12. The molecule has 3 fully saturated rings. The molecule has 1 aromatic carbocycles. The molecule has 4 heterocycles. The van der Waals surface area contributed by atoms with Crippen molar-refractivity contribution in [3.8, 4) is 11.8 Å². The highest BCUT2D eigenvalue weighted by atomic mass is 28.3. The lowest BCUT2D eigenvalue weighted by molar-refractivity contribution is -0.128. The number of aromatic amines is 1. The van der Waals surface area contributed by atoms with E-state index in [4.69, 9.17) is 4.74 Å². The minimum atomic E-state index is -1.77. The number of hydrogen-bond donors (Lipinski definition) is 3. The van der Waals surface area contributed by atoms with Crippen LogP contribution in [0.25, 0.3) is 10.9 Å². The van der Waals surface area contributed by atoms with E-state index in [-0.39, 0.29) is 23.6 Å². The normalized spacial score (nSPS) is 23.9. The molecule has 3 aliphatic rings. The van der Waals surface area contributed by atoms with Gasteiger partial charge in [0.05, 0.1) is 21.3 Å². The number of carbonyl (C=O) groups excluding carboxylic acids is 3. The van der Waals surface area contributed by atoms with Crippen LogP contribution in [0.1, 0.15) is 42.6 Å². The Kier molecular flexibility index (Phi) is 6.75. The molecule has 5 rings (SSSR count). The number of nitrogens with zero attached hydrogens (tertiary/aromatic N) is 2. The van der Waals surface area contributed by atoms with Crippen LogP contribution in [0, 0.1) is 17.2 Å². The molecule has 0 saturated carbocycles. The Hall–Kier alpha value is -3.32. The number of amides is 3. The number of rotatable bonds is 6. The topological polar surface area (TPSA) is 127 Å². The molecule has 190 valence electrons. The van der Waals surface area contributed by atoms with Crippen molar-refractivity contribution in [1.29, 1.82) is 5.26 Å². The van der Waals surface area contributed by atoms with Gasteiger partial charge in [-0.25, -0.2) is 0 Å². The fourth-order valence-corrected chi connectivity index (χ4v) is 11.7. The molecule has 0 bridgehead atoms. The molecule has 3 N–H and O–H groups in total. The number of piperidine rings is 1. The largest absolute Gasteiger partial charge is 0.496 e. The molecule has 3 saturated heterocycles. The zero-order valence-corrected chi connectivity index (χ0v) is 21.6. The molecule has 0 aliphatic carbocycles. The minimum absolute atomic E-state index is 0.0556. The molecule has 1 spiro atoms. The Morgan fingerprint density at radius 2 is 2.11 bits per heavy atom. The summed E-state index contributed by atoms with van der Waals surface area (Å²) in [5.74, 6) is -0.119. The second-order valence-electron chi connectivity index (χ2n) is 10.5. The smallest absolute Gasteiger partial charge is 0.270 e. The van der Waals surface area contributed by atoms with Gasteiger partial charge in [0.15, 0.2) is 0 Å². The van der Waals surface area contributed by atoms with Gasteiger partial charge in [0.1, 0.15) is 23.5 Å². The van der Waals surface area contributed by atoms with Crippen molar-refractivity contribution >= 4 is 36.7 Å². The molecule has 3 amide bonds. The maximum Gasteiger partial charge on any atom is 0.270 e. The maximum atomic E-state index is 13.8. The average molecular weight is 508 g/mol. The van der Waals surface area contributed by atoms with E-state index in [1.807, 2.05) is 18.2 Å². The number of hydrogen-bond acceptors (Lipinski definition) is 5. The number of H-pyrrole nitrogens is 1. The highest BCUT2D eigenvalue weighted by molar-refractivity contribution is 6.82. The summed E-state index contributed by atoms with van der Waals surface area (Å²) < 4.78 is 5.45. The highest BCUT2D eigenvalue weighted by Crippen LogP contribution is 2.41. The van der Waals surface area contributed by atoms with Crippen LogP contribution in [-0.4, -0.2) is 67.6 Å². The first kappa shape index (κ1) is 24.4. The summed E-state index contributed by atoms with van der Waals surface area (Å²) in [5.41, 5.74) is 1.24. The zero-order chi connectivity index (χ0) is 25.3. The third-order valence-electron chi connectivity index (χ3n) is 8.20. The van der Waals surface area contributed by atoms with Crippen molar-refractivity contribution in [2.75, 3.05) is 19.8 Å². The van der Waals surface area contributed by atoms with Gasteiger partial charge in [-0.05, 0) is 43.5 Å². The Labute approximate surface area is 211 Å². The molecule has 1 unspecified atom stereocenters. The number of methoxy groups -OCH3 is 1. The van der Waals surface area contributed by atoms with E-state index >= 15 is 0 Å². The van der Waals surface area contributed by atoms with Crippen LogP contribution in [0.5, 0.6) is 5.75 Å². The Morgan fingerprint density at radius 3 is 2.83 bits per heavy atom. The third-order valence-corrected chi connectivity index (χ3v) is 13.3. The fraction of sp³-hybridized carbons (Fsp3) is 0.538. The summed E-state index contributed by atoms with van der Waals surface area (Å²) in [4.78, 5) is 44.4. The van der Waals surface area contributed by atoms with E-state index in [9.17, 15) is 19.6 Å². The minimum Gasteiger partial charge on any atom is -0.496 e. The maximum absolute atomic E-state index is 13.8. The quantitative estimate of drug-likeness (QED) is 0.518. The van der Waals surface area contributed by atoms with Crippen molar-refractivity contribution in [2.45, 2.75) is 62.3 Å².